The largest absolute Gasteiger partial charge is 0.393 e. The molecular weight excluding hydrogens is 256 g/mol. The van der Waals surface area contributed by atoms with Gasteiger partial charge in [-0.1, -0.05) is 6.42 Å². The monoisotopic (exact) mass is 280 g/mol. The molecule has 5 heteroatoms. The van der Waals surface area contributed by atoms with Gasteiger partial charge < -0.3 is 14.9 Å². The van der Waals surface area contributed by atoms with E-state index in [1.54, 1.807) is 4.90 Å². The second kappa shape index (κ2) is 5.72. The first-order valence-electron chi connectivity index (χ1n) is 7.92. The fourth-order valence-electron chi connectivity index (χ4n) is 4.01. The maximum atomic E-state index is 12.5. The first-order valence-corrected chi connectivity index (χ1v) is 7.92. The van der Waals surface area contributed by atoms with E-state index in [1.807, 2.05) is 4.90 Å². The summed E-state index contributed by atoms with van der Waals surface area (Å²) in [4.78, 5) is 28.2. The van der Waals surface area contributed by atoms with Crippen LogP contribution in [0.4, 0.5) is 0 Å². The van der Waals surface area contributed by atoms with Crippen LogP contribution in [0.25, 0.3) is 0 Å². The molecule has 2 bridgehead atoms. The number of rotatable bonds is 2. The Balaban J connectivity index is 1.63. The van der Waals surface area contributed by atoms with Gasteiger partial charge in [0.15, 0.2) is 0 Å². The van der Waals surface area contributed by atoms with E-state index < -0.39 is 0 Å². The minimum atomic E-state index is -0.253. The third-order valence-corrected chi connectivity index (χ3v) is 4.99. The van der Waals surface area contributed by atoms with Crippen LogP contribution in [0.2, 0.25) is 0 Å². The highest BCUT2D eigenvalue weighted by atomic mass is 16.3. The van der Waals surface area contributed by atoms with E-state index in [-0.39, 0.29) is 36.5 Å². The van der Waals surface area contributed by atoms with Crippen molar-refractivity contribution in [2.24, 2.45) is 0 Å². The Labute approximate surface area is 119 Å². The first kappa shape index (κ1) is 13.9. The predicted molar refractivity (Wildman–Crippen MR) is 73.9 cm³/mol. The molecule has 3 aliphatic heterocycles. The quantitative estimate of drug-likeness (QED) is 0.817. The first-order chi connectivity index (χ1) is 9.65. The molecule has 0 spiro atoms. The van der Waals surface area contributed by atoms with Gasteiger partial charge in [0.1, 0.15) is 0 Å². The molecule has 3 saturated heterocycles. The molecule has 5 nitrogen and oxygen atoms in total. The lowest BCUT2D eigenvalue weighted by Gasteiger charge is -2.38. The number of piperidine rings is 1. The lowest BCUT2D eigenvalue weighted by molar-refractivity contribution is -0.144. The summed E-state index contributed by atoms with van der Waals surface area (Å²) in [6, 6.07) is 0.386. The number of likely N-dealkylation sites (tertiary alicyclic amines) is 1. The maximum Gasteiger partial charge on any atom is 0.242 e. The van der Waals surface area contributed by atoms with Gasteiger partial charge >= 0.3 is 0 Å². The van der Waals surface area contributed by atoms with Crippen molar-refractivity contribution in [1.82, 2.24) is 9.80 Å². The molecule has 0 aliphatic carbocycles. The Morgan fingerprint density at radius 3 is 2.55 bits per heavy atom. The van der Waals surface area contributed by atoms with Crippen molar-refractivity contribution in [3.8, 4) is 0 Å². The number of carbonyl (C=O) groups excluding carboxylic acids is 2. The molecule has 0 aromatic carbocycles. The number of nitrogens with zero attached hydrogens (tertiary/aromatic N) is 2. The van der Waals surface area contributed by atoms with Crippen molar-refractivity contribution >= 4 is 11.8 Å². The molecule has 1 N–H and O–H groups in total. The molecule has 0 aromatic rings. The van der Waals surface area contributed by atoms with Crippen LogP contribution in [0, 0.1) is 0 Å². The summed E-state index contributed by atoms with van der Waals surface area (Å²) in [5.74, 6) is 0.208. The van der Waals surface area contributed by atoms with E-state index in [2.05, 4.69) is 0 Å². The third kappa shape index (κ3) is 2.68. The number of hydrogen-bond donors (Lipinski definition) is 1. The lowest BCUT2D eigenvalue weighted by Crippen LogP contribution is -2.51. The molecule has 3 heterocycles. The van der Waals surface area contributed by atoms with Gasteiger partial charge in [-0.3, -0.25) is 9.59 Å². The van der Waals surface area contributed by atoms with Crippen molar-refractivity contribution in [2.45, 2.75) is 69.6 Å². The molecule has 3 aliphatic rings. The molecular formula is C15H24N2O3. The number of fused-ring (bicyclic) bond motifs is 2. The topological polar surface area (TPSA) is 60.9 Å². The summed E-state index contributed by atoms with van der Waals surface area (Å²) in [7, 11) is 0. The average molecular weight is 280 g/mol. The minimum Gasteiger partial charge on any atom is -0.393 e. The highest BCUT2D eigenvalue weighted by Crippen LogP contribution is 2.35. The van der Waals surface area contributed by atoms with Crippen LogP contribution in [0.15, 0.2) is 0 Å². The fourth-order valence-corrected chi connectivity index (χ4v) is 4.01. The van der Waals surface area contributed by atoms with Crippen molar-refractivity contribution in [1.29, 1.82) is 0 Å². The van der Waals surface area contributed by atoms with E-state index in [0.717, 1.165) is 38.6 Å². The van der Waals surface area contributed by atoms with Gasteiger partial charge in [-0.05, 0) is 38.5 Å². The van der Waals surface area contributed by atoms with Crippen LogP contribution in [-0.4, -0.2) is 58.0 Å². The fraction of sp³-hybridized carbons (Fsp3) is 0.867. The van der Waals surface area contributed by atoms with E-state index in [1.165, 1.54) is 0 Å². The van der Waals surface area contributed by atoms with E-state index in [9.17, 15) is 14.7 Å². The Bertz CT molecular complexity index is 385. The Morgan fingerprint density at radius 1 is 1.15 bits per heavy atom. The molecule has 0 aromatic heterocycles. The summed E-state index contributed by atoms with van der Waals surface area (Å²) in [6.07, 6.45) is 6.78. The second-order valence-electron chi connectivity index (χ2n) is 6.44. The zero-order valence-corrected chi connectivity index (χ0v) is 12.0. The average Bonchev–Trinajstić information content (AvgIpc) is 2.57. The zero-order chi connectivity index (χ0) is 14.1. The molecule has 0 saturated carbocycles. The van der Waals surface area contributed by atoms with Crippen molar-refractivity contribution in [3.05, 3.63) is 0 Å². The summed E-state index contributed by atoms with van der Waals surface area (Å²) in [6.45, 7) is 0.957. The van der Waals surface area contributed by atoms with Gasteiger partial charge in [-0.15, -0.1) is 0 Å². The summed E-state index contributed by atoms with van der Waals surface area (Å²) < 4.78 is 0. The molecule has 2 atom stereocenters. The van der Waals surface area contributed by atoms with Crippen LogP contribution in [0.3, 0.4) is 0 Å². The van der Waals surface area contributed by atoms with Crippen molar-refractivity contribution < 1.29 is 14.7 Å². The van der Waals surface area contributed by atoms with Crippen LogP contribution in [-0.2, 0) is 9.59 Å². The lowest BCUT2D eigenvalue weighted by atomic mass is 10.00. The summed E-state index contributed by atoms with van der Waals surface area (Å²) in [5, 5.41) is 9.79. The molecule has 0 radical (unpaired) electrons. The van der Waals surface area contributed by atoms with Gasteiger partial charge in [0.05, 0.1) is 12.6 Å². The normalized spacial score (nSPS) is 34.2. The van der Waals surface area contributed by atoms with Crippen molar-refractivity contribution in [2.75, 3.05) is 13.1 Å². The van der Waals surface area contributed by atoms with Crippen LogP contribution in [0.5, 0.6) is 0 Å². The van der Waals surface area contributed by atoms with Gasteiger partial charge in [0.25, 0.3) is 0 Å². The van der Waals surface area contributed by atoms with E-state index in [0.29, 0.717) is 19.3 Å². The van der Waals surface area contributed by atoms with Crippen molar-refractivity contribution in [3.63, 3.8) is 0 Å². The number of hydrogen-bond acceptors (Lipinski definition) is 3. The SMILES string of the molecule is O=C1CCCCCN1CC(=O)N1C2CCC1CC(O)C2. The molecule has 2 amide bonds. The number of carbonyl (C=O) groups is 2. The second-order valence-corrected chi connectivity index (χ2v) is 6.44. The highest BCUT2D eigenvalue weighted by Gasteiger charge is 2.43. The van der Waals surface area contributed by atoms with Gasteiger partial charge in [-0.2, -0.15) is 0 Å². The van der Waals surface area contributed by atoms with Crippen LogP contribution in [0.1, 0.15) is 51.4 Å². The molecule has 3 rings (SSSR count). The number of aliphatic hydroxyl groups excluding tert-OH is 1. The molecule has 2 unspecified atom stereocenters. The number of aliphatic hydroxyl groups is 1. The van der Waals surface area contributed by atoms with Crippen LogP contribution >= 0.6 is 0 Å². The van der Waals surface area contributed by atoms with Gasteiger partial charge in [-0.25, -0.2) is 0 Å². The maximum absolute atomic E-state index is 12.5. The zero-order valence-electron chi connectivity index (χ0n) is 12.0. The molecule has 20 heavy (non-hydrogen) atoms. The highest BCUT2D eigenvalue weighted by molar-refractivity contribution is 5.85. The minimum absolute atomic E-state index is 0.0830. The molecule has 3 fully saturated rings. The van der Waals surface area contributed by atoms with Crippen LogP contribution < -0.4 is 0 Å². The van der Waals surface area contributed by atoms with Gasteiger partial charge in [0.2, 0.25) is 11.8 Å². The predicted octanol–water partition coefficient (Wildman–Crippen LogP) is 0.903. The Morgan fingerprint density at radius 2 is 1.85 bits per heavy atom. The van der Waals surface area contributed by atoms with E-state index in [4.69, 9.17) is 0 Å². The van der Waals surface area contributed by atoms with E-state index >= 15 is 0 Å². The standard InChI is InChI=1S/C15H24N2O3/c18-13-8-11-5-6-12(9-13)17(11)15(20)10-16-7-3-1-2-4-14(16)19/h11-13,18H,1-10H2. The Hall–Kier alpha value is -1.10. The summed E-state index contributed by atoms with van der Waals surface area (Å²) >= 11 is 0. The Kier molecular flexibility index (Phi) is 3.96. The third-order valence-electron chi connectivity index (χ3n) is 4.99. The van der Waals surface area contributed by atoms with Gasteiger partial charge in [0, 0.05) is 25.0 Å². The summed E-state index contributed by atoms with van der Waals surface area (Å²) in [5.41, 5.74) is 0. The molecule has 112 valence electrons. The number of amides is 2. The smallest absolute Gasteiger partial charge is 0.242 e.